The van der Waals surface area contributed by atoms with E-state index in [2.05, 4.69) is 4.98 Å². The zero-order valence-corrected chi connectivity index (χ0v) is 12.8. The van der Waals surface area contributed by atoms with Gasteiger partial charge in [-0.1, -0.05) is 38.1 Å². The highest BCUT2D eigenvalue weighted by Gasteiger charge is 2.05. The van der Waals surface area contributed by atoms with Gasteiger partial charge in [0.1, 0.15) is 0 Å². The van der Waals surface area contributed by atoms with Gasteiger partial charge in [0.05, 0.1) is 10.9 Å². The number of fused-ring (bicyclic) bond motifs is 2. The molecule has 0 saturated carbocycles. The minimum Gasteiger partial charge on any atom is -0.332 e. The summed E-state index contributed by atoms with van der Waals surface area (Å²) in [4.78, 5) is 15.4. The molecule has 104 valence electrons. The van der Waals surface area contributed by atoms with E-state index in [1.165, 1.54) is 0 Å². The molecule has 0 atom stereocenters. The van der Waals surface area contributed by atoms with Crippen molar-refractivity contribution in [2.24, 2.45) is 0 Å². The fourth-order valence-electron chi connectivity index (χ4n) is 2.23. The Labute approximate surface area is 122 Å². The Kier molecular flexibility index (Phi) is 4.35. The van der Waals surface area contributed by atoms with Crippen LogP contribution in [0.2, 0.25) is 0 Å². The van der Waals surface area contributed by atoms with Gasteiger partial charge in [-0.05, 0) is 42.0 Å². The third-order valence-electron chi connectivity index (χ3n) is 3.16. The molecule has 20 heavy (non-hydrogen) atoms. The molecule has 1 heterocycles. The molecular formula is C16H18N2OS. The van der Waals surface area contributed by atoms with Crippen molar-refractivity contribution in [2.45, 2.75) is 27.3 Å². The molecule has 0 aliphatic rings. The summed E-state index contributed by atoms with van der Waals surface area (Å²) in [6.07, 6.45) is 0. The lowest BCUT2D eigenvalue weighted by atomic mass is 10.1. The molecule has 2 aromatic carbocycles. The Bertz CT molecular complexity index is 862. The number of hydrogen-bond donors (Lipinski definition) is 1. The van der Waals surface area contributed by atoms with Crippen molar-refractivity contribution in [3.8, 4) is 0 Å². The molecule has 1 aromatic heterocycles. The maximum Gasteiger partial charge on any atom is 0.262 e. The zero-order valence-electron chi connectivity index (χ0n) is 11.9. The molecule has 0 unspecified atom stereocenters. The van der Waals surface area contributed by atoms with E-state index >= 15 is 0 Å². The minimum absolute atomic E-state index is 0.0259. The lowest BCUT2D eigenvalue weighted by Gasteiger charge is -2.06. The molecule has 0 aliphatic carbocycles. The Hall–Kier alpha value is -1.94. The van der Waals surface area contributed by atoms with Crippen LogP contribution < -0.4 is 5.56 Å². The summed E-state index contributed by atoms with van der Waals surface area (Å²) in [5.74, 6) is 0. The van der Waals surface area contributed by atoms with Crippen LogP contribution in [0.5, 0.6) is 0 Å². The predicted octanol–water partition coefficient (Wildman–Crippen LogP) is 4.26. The van der Waals surface area contributed by atoms with Gasteiger partial charge < -0.3 is 4.98 Å². The van der Waals surface area contributed by atoms with Crippen LogP contribution in [0, 0.1) is 4.77 Å². The molecule has 0 saturated heterocycles. The SMILES string of the molecule is CC.CCn1c(=S)[nH]c2cc3ccccc3cc2c1=O. The average Bonchev–Trinajstić information content (AvgIpc) is 2.48. The monoisotopic (exact) mass is 286 g/mol. The smallest absolute Gasteiger partial charge is 0.262 e. The first-order valence-corrected chi connectivity index (χ1v) is 7.27. The van der Waals surface area contributed by atoms with E-state index in [-0.39, 0.29) is 5.56 Å². The normalized spacial score (nSPS) is 10.3. The van der Waals surface area contributed by atoms with E-state index < -0.39 is 0 Å². The number of aromatic amines is 1. The first kappa shape index (κ1) is 14.5. The highest BCUT2D eigenvalue weighted by Crippen LogP contribution is 2.19. The molecule has 0 spiro atoms. The molecule has 1 N–H and O–H groups in total. The van der Waals surface area contributed by atoms with Gasteiger partial charge in [0.2, 0.25) is 0 Å². The highest BCUT2D eigenvalue weighted by atomic mass is 32.1. The molecule has 3 aromatic rings. The van der Waals surface area contributed by atoms with Crippen molar-refractivity contribution in [2.75, 3.05) is 0 Å². The molecule has 0 bridgehead atoms. The summed E-state index contributed by atoms with van der Waals surface area (Å²) in [7, 11) is 0. The largest absolute Gasteiger partial charge is 0.332 e. The molecule has 0 amide bonds. The van der Waals surface area contributed by atoms with Gasteiger partial charge in [0, 0.05) is 6.54 Å². The van der Waals surface area contributed by atoms with Crippen LogP contribution in [0.25, 0.3) is 21.7 Å². The number of aromatic nitrogens is 2. The van der Waals surface area contributed by atoms with Crippen LogP contribution in [0.15, 0.2) is 41.2 Å². The maximum absolute atomic E-state index is 12.3. The Morgan fingerprint density at radius 1 is 1.15 bits per heavy atom. The zero-order chi connectivity index (χ0) is 14.7. The van der Waals surface area contributed by atoms with Crippen LogP contribution in [-0.2, 0) is 6.54 Å². The summed E-state index contributed by atoms with van der Waals surface area (Å²) in [6.45, 7) is 6.49. The number of hydrogen-bond acceptors (Lipinski definition) is 2. The highest BCUT2D eigenvalue weighted by molar-refractivity contribution is 7.71. The number of nitrogens with one attached hydrogen (secondary N) is 1. The molecule has 3 rings (SSSR count). The Morgan fingerprint density at radius 3 is 2.35 bits per heavy atom. The average molecular weight is 286 g/mol. The number of nitrogens with zero attached hydrogens (tertiary/aromatic N) is 1. The second kappa shape index (κ2) is 6.01. The van der Waals surface area contributed by atoms with Gasteiger partial charge in [0.15, 0.2) is 4.77 Å². The second-order valence-electron chi connectivity index (χ2n) is 4.22. The second-order valence-corrected chi connectivity index (χ2v) is 4.61. The van der Waals surface area contributed by atoms with E-state index in [1.807, 2.05) is 57.2 Å². The number of benzene rings is 2. The van der Waals surface area contributed by atoms with Gasteiger partial charge in [-0.25, -0.2) is 0 Å². The third-order valence-corrected chi connectivity index (χ3v) is 3.49. The van der Waals surface area contributed by atoms with Crippen molar-refractivity contribution < 1.29 is 0 Å². The lowest BCUT2D eigenvalue weighted by Crippen LogP contribution is -2.21. The van der Waals surface area contributed by atoms with Crippen LogP contribution in [0.1, 0.15) is 20.8 Å². The molecule has 4 heteroatoms. The molecule has 0 aliphatic heterocycles. The van der Waals surface area contributed by atoms with Crippen molar-refractivity contribution in [1.29, 1.82) is 0 Å². The fourth-order valence-corrected chi connectivity index (χ4v) is 2.55. The predicted molar refractivity (Wildman–Crippen MR) is 87.9 cm³/mol. The first-order chi connectivity index (χ1) is 9.70. The lowest BCUT2D eigenvalue weighted by molar-refractivity contribution is 0.705. The Balaban J connectivity index is 0.000000704. The van der Waals surface area contributed by atoms with Gasteiger partial charge in [-0.2, -0.15) is 0 Å². The molecule has 3 nitrogen and oxygen atoms in total. The number of rotatable bonds is 1. The van der Waals surface area contributed by atoms with Crippen molar-refractivity contribution in [3.05, 3.63) is 51.5 Å². The summed E-state index contributed by atoms with van der Waals surface area (Å²) in [5, 5.41) is 2.85. The van der Waals surface area contributed by atoms with E-state index in [1.54, 1.807) is 4.57 Å². The van der Waals surface area contributed by atoms with Crippen LogP contribution in [0.3, 0.4) is 0 Å². The molecular weight excluding hydrogens is 268 g/mol. The summed E-state index contributed by atoms with van der Waals surface area (Å²) in [6, 6.07) is 11.9. The summed E-state index contributed by atoms with van der Waals surface area (Å²) < 4.78 is 2.05. The fraction of sp³-hybridized carbons (Fsp3) is 0.250. The first-order valence-electron chi connectivity index (χ1n) is 6.86. The van der Waals surface area contributed by atoms with Gasteiger partial charge in [0.25, 0.3) is 5.56 Å². The van der Waals surface area contributed by atoms with Crippen LogP contribution >= 0.6 is 12.2 Å². The minimum atomic E-state index is -0.0259. The van der Waals surface area contributed by atoms with Gasteiger partial charge >= 0.3 is 0 Å². The third kappa shape index (κ3) is 2.39. The van der Waals surface area contributed by atoms with E-state index in [9.17, 15) is 4.79 Å². The summed E-state index contributed by atoms with van der Waals surface area (Å²) >= 11 is 5.20. The Morgan fingerprint density at radius 2 is 1.75 bits per heavy atom. The van der Waals surface area contributed by atoms with E-state index in [4.69, 9.17) is 12.2 Å². The van der Waals surface area contributed by atoms with Crippen LogP contribution in [-0.4, -0.2) is 9.55 Å². The van der Waals surface area contributed by atoms with Gasteiger partial charge in [-0.3, -0.25) is 9.36 Å². The van der Waals surface area contributed by atoms with Crippen LogP contribution in [0.4, 0.5) is 0 Å². The van der Waals surface area contributed by atoms with Crippen molar-refractivity contribution >= 4 is 33.9 Å². The molecule has 0 radical (unpaired) electrons. The maximum atomic E-state index is 12.3. The van der Waals surface area contributed by atoms with E-state index in [0.717, 1.165) is 16.3 Å². The number of H-pyrrole nitrogens is 1. The van der Waals surface area contributed by atoms with Crippen molar-refractivity contribution in [3.63, 3.8) is 0 Å². The van der Waals surface area contributed by atoms with Crippen molar-refractivity contribution in [1.82, 2.24) is 9.55 Å². The topological polar surface area (TPSA) is 37.8 Å². The quantitative estimate of drug-likeness (QED) is 0.536. The summed E-state index contributed by atoms with van der Waals surface area (Å²) in [5.41, 5.74) is 0.774. The van der Waals surface area contributed by atoms with Gasteiger partial charge in [-0.15, -0.1) is 0 Å². The molecule has 0 fully saturated rings. The standard InChI is InChI=1S/C14H12N2OS.C2H6/c1-2-16-13(17)11-7-9-5-3-4-6-10(9)8-12(11)15-14(16)18;1-2/h3-8H,2H2,1H3,(H,15,18);1-2H3. The van der Waals surface area contributed by atoms with E-state index in [0.29, 0.717) is 16.7 Å².